The van der Waals surface area contributed by atoms with Crippen LogP contribution in [0.4, 0.5) is 0 Å². The Labute approximate surface area is 63.4 Å². The summed E-state index contributed by atoms with van der Waals surface area (Å²) in [5.74, 6) is -2.00. The lowest BCUT2D eigenvalue weighted by molar-refractivity contribution is -0.162. The normalized spacial score (nSPS) is 13.0. The first-order valence-electron chi connectivity index (χ1n) is 2.90. The van der Waals surface area contributed by atoms with Crippen molar-refractivity contribution in [2.45, 2.75) is 13.2 Å². The molecule has 0 bridgehead atoms. The van der Waals surface area contributed by atoms with Crippen molar-refractivity contribution in [1.29, 1.82) is 0 Å². The summed E-state index contributed by atoms with van der Waals surface area (Å²) in [6.45, 7) is 1.59. The maximum Gasteiger partial charge on any atom is 0.357 e. The Kier molecular flexibility index (Phi) is 4.09. The summed E-state index contributed by atoms with van der Waals surface area (Å²) in [7, 11) is 0. The number of carbonyl (C=O) groups is 2. The van der Waals surface area contributed by atoms with E-state index in [9.17, 15) is 9.59 Å². The van der Waals surface area contributed by atoms with Crippen LogP contribution in [0, 0.1) is 0 Å². The molecule has 0 spiro atoms. The molecule has 0 aromatic rings. The van der Waals surface area contributed by atoms with Crippen LogP contribution < -0.4 is 5.73 Å². The Balaban J connectivity index is 3.86. The van der Waals surface area contributed by atoms with Gasteiger partial charge in [-0.05, 0) is 6.92 Å². The zero-order valence-electron chi connectivity index (χ0n) is 5.98. The fourth-order valence-electron chi connectivity index (χ4n) is 0.330. The Morgan fingerprint density at radius 2 is 2.18 bits per heavy atom. The average molecular weight is 159 g/mol. The first kappa shape index (κ1) is 9.80. The Hall–Kier alpha value is -1.20. The number of allylic oxidation sites excluding steroid dienone is 1. The fraction of sp³-hybridized carbons (Fsp3) is 0.333. The number of aliphatic hydroxyl groups excluding tert-OH is 1. The van der Waals surface area contributed by atoms with Crippen LogP contribution in [0.1, 0.15) is 6.92 Å². The summed E-state index contributed by atoms with van der Waals surface area (Å²) in [6.07, 6.45) is 0.683. The van der Waals surface area contributed by atoms with Gasteiger partial charge in [-0.3, -0.25) is 5.73 Å². The standard InChI is InChI=1S/C6H9NO4/c1-2-3-4(8)11-6(10)5(7)9/h2-3,5,9H,7H2,1H3. The third-order valence-corrected chi connectivity index (χ3v) is 0.745. The zero-order chi connectivity index (χ0) is 8.85. The van der Waals surface area contributed by atoms with Crippen LogP contribution >= 0.6 is 0 Å². The summed E-state index contributed by atoms with van der Waals surface area (Å²) in [4.78, 5) is 20.8. The number of hydrogen-bond acceptors (Lipinski definition) is 5. The van der Waals surface area contributed by atoms with Gasteiger partial charge in [0.05, 0.1) is 0 Å². The first-order chi connectivity index (χ1) is 5.07. The summed E-state index contributed by atoms with van der Waals surface area (Å²) < 4.78 is 4.01. The second-order valence-corrected chi connectivity index (χ2v) is 1.68. The predicted octanol–water partition coefficient (Wildman–Crippen LogP) is -1.09. The molecule has 0 aliphatic rings. The molecule has 0 radical (unpaired) electrons. The Morgan fingerprint density at radius 3 is 2.55 bits per heavy atom. The van der Waals surface area contributed by atoms with Gasteiger partial charge in [-0.25, -0.2) is 9.59 Å². The van der Waals surface area contributed by atoms with Crippen LogP contribution in [0.2, 0.25) is 0 Å². The lowest BCUT2D eigenvalue weighted by atomic mass is 10.5. The van der Waals surface area contributed by atoms with Gasteiger partial charge < -0.3 is 9.84 Å². The van der Waals surface area contributed by atoms with Crippen LogP contribution in [0.3, 0.4) is 0 Å². The van der Waals surface area contributed by atoms with Gasteiger partial charge in [-0.15, -0.1) is 0 Å². The van der Waals surface area contributed by atoms with Gasteiger partial charge in [0.15, 0.2) is 0 Å². The maximum atomic E-state index is 10.5. The quantitative estimate of drug-likeness (QED) is 0.231. The molecule has 0 aliphatic carbocycles. The minimum atomic E-state index is -1.76. The molecule has 0 aromatic carbocycles. The van der Waals surface area contributed by atoms with Gasteiger partial charge in [0.25, 0.3) is 0 Å². The van der Waals surface area contributed by atoms with E-state index in [0.717, 1.165) is 6.08 Å². The average Bonchev–Trinajstić information content (AvgIpc) is 1.87. The Bertz CT molecular complexity index is 185. The highest BCUT2D eigenvalue weighted by Gasteiger charge is 2.13. The lowest BCUT2D eigenvalue weighted by Crippen LogP contribution is -2.32. The van der Waals surface area contributed by atoms with Crippen LogP contribution in [-0.2, 0) is 14.3 Å². The minimum absolute atomic E-state index is 0.845. The molecule has 11 heavy (non-hydrogen) atoms. The molecule has 0 aromatic heterocycles. The molecular formula is C6H9NO4. The van der Waals surface area contributed by atoms with Crippen molar-refractivity contribution in [3.05, 3.63) is 12.2 Å². The zero-order valence-corrected chi connectivity index (χ0v) is 5.98. The summed E-state index contributed by atoms with van der Waals surface area (Å²) in [6, 6.07) is 0. The van der Waals surface area contributed by atoms with Crippen LogP contribution in [-0.4, -0.2) is 23.3 Å². The molecule has 0 aliphatic heterocycles. The Morgan fingerprint density at radius 1 is 1.64 bits per heavy atom. The number of nitrogens with two attached hydrogens (primary N) is 1. The van der Waals surface area contributed by atoms with Crippen molar-refractivity contribution in [2.75, 3.05) is 0 Å². The van der Waals surface area contributed by atoms with Gasteiger partial charge >= 0.3 is 11.9 Å². The lowest BCUT2D eigenvalue weighted by Gasteiger charge is -2.00. The van der Waals surface area contributed by atoms with Gasteiger partial charge in [-0.1, -0.05) is 6.08 Å². The van der Waals surface area contributed by atoms with Gasteiger partial charge in [0, 0.05) is 6.08 Å². The molecule has 0 saturated carbocycles. The van der Waals surface area contributed by atoms with E-state index in [1.165, 1.54) is 6.08 Å². The topological polar surface area (TPSA) is 89.6 Å². The number of rotatable bonds is 2. The van der Waals surface area contributed by atoms with Crippen molar-refractivity contribution in [3.63, 3.8) is 0 Å². The molecular weight excluding hydrogens is 150 g/mol. The van der Waals surface area contributed by atoms with E-state index in [1.54, 1.807) is 6.92 Å². The number of aliphatic hydroxyl groups is 1. The van der Waals surface area contributed by atoms with Crippen molar-refractivity contribution in [1.82, 2.24) is 0 Å². The summed E-state index contributed by atoms with van der Waals surface area (Å²) in [5, 5.41) is 8.36. The number of esters is 2. The highest BCUT2D eigenvalue weighted by atomic mass is 16.6. The molecule has 0 amide bonds. The number of carbonyl (C=O) groups excluding carboxylic acids is 2. The van der Waals surface area contributed by atoms with Gasteiger partial charge in [0.1, 0.15) is 0 Å². The van der Waals surface area contributed by atoms with Crippen molar-refractivity contribution >= 4 is 11.9 Å². The van der Waals surface area contributed by atoms with Gasteiger partial charge in [0.2, 0.25) is 6.23 Å². The molecule has 0 rings (SSSR count). The van der Waals surface area contributed by atoms with E-state index in [-0.39, 0.29) is 0 Å². The van der Waals surface area contributed by atoms with E-state index >= 15 is 0 Å². The third-order valence-electron chi connectivity index (χ3n) is 0.745. The largest absolute Gasteiger partial charge is 0.387 e. The van der Waals surface area contributed by atoms with E-state index in [0.29, 0.717) is 0 Å². The molecule has 1 unspecified atom stereocenters. The monoisotopic (exact) mass is 159 g/mol. The third kappa shape index (κ3) is 4.24. The molecule has 0 saturated heterocycles. The summed E-state index contributed by atoms with van der Waals surface area (Å²) in [5.41, 5.74) is 4.69. The smallest absolute Gasteiger partial charge is 0.357 e. The van der Waals surface area contributed by atoms with E-state index in [2.05, 4.69) is 10.5 Å². The summed E-state index contributed by atoms with van der Waals surface area (Å²) >= 11 is 0. The van der Waals surface area contributed by atoms with Crippen molar-refractivity contribution < 1.29 is 19.4 Å². The van der Waals surface area contributed by atoms with E-state index in [1.807, 2.05) is 0 Å². The van der Waals surface area contributed by atoms with Crippen LogP contribution in [0.15, 0.2) is 12.2 Å². The van der Waals surface area contributed by atoms with Crippen LogP contribution in [0.5, 0.6) is 0 Å². The first-order valence-corrected chi connectivity index (χ1v) is 2.90. The predicted molar refractivity (Wildman–Crippen MR) is 36.1 cm³/mol. The maximum absolute atomic E-state index is 10.5. The SMILES string of the molecule is CC=CC(=O)OC(=O)C(N)O. The highest BCUT2D eigenvalue weighted by Crippen LogP contribution is 1.84. The number of hydrogen-bond donors (Lipinski definition) is 2. The molecule has 0 fully saturated rings. The molecule has 5 heteroatoms. The molecule has 5 nitrogen and oxygen atoms in total. The molecule has 1 atom stereocenters. The van der Waals surface area contributed by atoms with Crippen LogP contribution in [0.25, 0.3) is 0 Å². The van der Waals surface area contributed by atoms with E-state index in [4.69, 9.17) is 5.11 Å². The van der Waals surface area contributed by atoms with Crippen molar-refractivity contribution in [2.24, 2.45) is 5.73 Å². The minimum Gasteiger partial charge on any atom is -0.387 e. The molecule has 62 valence electrons. The van der Waals surface area contributed by atoms with E-state index < -0.39 is 18.2 Å². The second-order valence-electron chi connectivity index (χ2n) is 1.68. The fourth-order valence-corrected chi connectivity index (χ4v) is 0.330. The number of ether oxygens (including phenoxy) is 1. The second kappa shape index (κ2) is 4.59. The van der Waals surface area contributed by atoms with Crippen molar-refractivity contribution in [3.8, 4) is 0 Å². The van der Waals surface area contributed by atoms with Gasteiger partial charge in [-0.2, -0.15) is 0 Å². The molecule has 3 N–H and O–H groups in total. The molecule has 0 heterocycles. The highest BCUT2D eigenvalue weighted by molar-refractivity contribution is 5.93.